The fourth-order valence-corrected chi connectivity index (χ4v) is 3.53. The van der Waals surface area contributed by atoms with Crippen LogP contribution in [0.25, 0.3) is 0 Å². The number of benzene rings is 1. The fourth-order valence-electron chi connectivity index (χ4n) is 3.53. The first-order chi connectivity index (χ1) is 9.62. The fraction of sp³-hybridized carbons (Fsp3) is 0.588. The molecule has 4 nitrogen and oxygen atoms in total. The van der Waals surface area contributed by atoms with Gasteiger partial charge in [0.15, 0.2) is 5.72 Å². The Bertz CT molecular complexity index is 602. The summed E-state index contributed by atoms with van der Waals surface area (Å²) in [4.78, 5) is 14.6. The molecule has 1 N–H and O–H groups in total. The van der Waals surface area contributed by atoms with Crippen molar-refractivity contribution in [1.29, 1.82) is 0 Å². The van der Waals surface area contributed by atoms with E-state index in [1.54, 1.807) is 4.90 Å². The number of aliphatic hydroxyl groups is 1. The van der Waals surface area contributed by atoms with Gasteiger partial charge in [-0.15, -0.1) is 0 Å². The Morgan fingerprint density at radius 3 is 2.52 bits per heavy atom. The maximum Gasteiger partial charge on any atom is 0.257 e. The molecule has 2 unspecified atom stereocenters. The number of amides is 1. The van der Waals surface area contributed by atoms with E-state index in [0.717, 1.165) is 5.56 Å². The van der Waals surface area contributed by atoms with Gasteiger partial charge in [-0.2, -0.15) is 0 Å². The Morgan fingerprint density at radius 2 is 1.90 bits per heavy atom. The van der Waals surface area contributed by atoms with Crippen LogP contribution < -0.4 is 0 Å². The first-order valence-electron chi connectivity index (χ1n) is 7.38. The lowest BCUT2D eigenvalue weighted by Crippen LogP contribution is -2.57. The summed E-state index contributed by atoms with van der Waals surface area (Å²) in [6.07, 6.45) is -0.806. The highest BCUT2D eigenvalue weighted by molar-refractivity contribution is 6.00. The Balaban J connectivity index is 2.27. The summed E-state index contributed by atoms with van der Waals surface area (Å²) in [6.45, 7) is 10.3. The van der Waals surface area contributed by atoms with Crippen molar-refractivity contribution in [2.75, 3.05) is 6.61 Å². The first-order valence-corrected chi connectivity index (χ1v) is 7.38. The van der Waals surface area contributed by atoms with E-state index in [2.05, 4.69) is 0 Å². The predicted molar refractivity (Wildman–Crippen MR) is 79.8 cm³/mol. The largest absolute Gasteiger partial charge is 0.387 e. The lowest BCUT2D eigenvalue weighted by molar-refractivity contribution is -0.183. The number of hydrogen-bond acceptors (Lipinski definition) is 3. The number of carbonyl (C=O) groups is 1. The summed E-state index contributed by atoms with van der Waals surface area (Å²) in [6, 6.07) is 7.45. The smallest absolute Gasteiger partial charge is 0.257 e. The van der Waals surface area contributed by atoms with Crippen LogP contribution in [0.4, 0.5) is 0 Å². The van der Waals surface area contributed by atoms with Crippen LogP contribution in [0.1, 0.15) is 50.5 Å². The van der Waals surface area contributed by atoms with Gasteiger partial charge in [-0.25, -0.2) is 0 Å². The molecule has 114 valence electrons. The molecule has 0 radical (unpaired) electrons. The van der Waals surface area contributed by atoms with E-state index >= 15 is 0 Å². The Labute approximate surface area is 125 Å². The molecule has 1 aromatic rings. The summed E-state index contributed by atoms with van der Waals surface area (Å²) in [5.41, 5.74) is -0.509. The number of nitrogens with zero attached hydrogens (tertiary/aromatic N) is 1. The summed E-state index contributed by atoms with van der Waals surface area (Å²) in [7, 11) is 0. The number of hydrogen-bond donors (Lipinski definition) is 1. The van der Waals surface area contributed by atoms with Crippen molar-refractivity contribution in [2.45, 2.75) is 52.0 Å². The normalized spacial score (nSPS) is 28.5. The highest BCUT2D eigenvalue weighted by atomic mass is 16.6. The van der Waals surface area contributed by atoms with Crippen molar-refractivity contribution >= 4 is 5.91 Å². The second kappa shape index (κ2) is 4.08. The van der Waals surface area contributed by atoms with Gasteiger partial charge in [0.1, 0.15) is 6.10 Å². The van der Waals surface area contributed by atoms with Gasteiger partial charge in [0, 0.05) is 11.1 Å². The van der Waals surface area contributed by atoms with Crippen LogP contribution in [0, 0.1) is 5.41 Å². The number of aliphatic hydroxyl groups excluding tert-OH is 1. The number of ether oxygens (including phenoxy) is 1. The average molecular weight is 289 g/mol. The molecular weight excluding hydrogens is 266 g/mol. The number of carbonyl (C=O) groups excluding carboxylic acids is 1. The molecule has 2 atom stereocenters. The maximum atomic E-state index is 12.9. The average Bonchev–Trinajstić information content (AvgIpc) is 2.82. The predicted octanol–water partition coefficient (Wildman–Crippen LogP) is 2.51. The summed E-state index contributed by atoms with van der Waals surface area (Å²) in [5.74, 6) is -0.0589. The van der Waals surface area contributed by atoms with Crippen molar-refractivity contribution in [3.05, 3.63) is 35.4 Å². The monoisotopic (exact) mass is 289 g/mol. The highest BCUT2D eigenvalue weighted by Crippen LogP contribution is 2.54. The topological polar surface area (TPSA) is 49.8 Å². The molecule has 0 bridgehead atoms. The molecule has 1 amide bonds. The van der Waals surface area contributed by atoms with Crippen LogP contribution in [0.2, 0.25) is 0 Å². The molecule has 2 aliphatic heterocycles. The molecule has 0 aromatic heterocycles. The highest BCUT2D eigenvalue weighted by Gasteiger charge is 2.65. The molecular formula is C17H23NO3. The van der Waals surface area contributed by atoms with E-state index in [4.69, 9.17) is 4.74 Å². The molecule has 0 spiro atoms. The molecule has 0 aliphatic carbocycles. The molecule has 4 heteroatoms. The third-order valence-electron chi connectivity index (χ3n) is 4.52. The van der Waals surface area contributed by atoms with Gasteiger partial charge in [-0.05, 0) is 25.3 Å². The molecule has 1 fully saturated rings. The minimum Gasteiger partial charge on any atom is -0.387 e. The summed E-state index contributed by atoms with van der Waals surface area (Å²) in [5, 5.41) is 11.0. The second-order valence-electron chi connectivity index (χ2n) is 7.75. The van der Waals surface area contributed by atoms with Gasteiger partial charge in [-0.1, -0.05) is 39.0 Å². The minimum absolute atomic E-state index is 0.0589. The number of fused-ring (bicyclic) bond motifs is 3. The van der Waals surface area contributed by atoms with Crippen molar-refractivity contribution in [1.82, 2.24) is 4.90 Å². The molecule has 2 heterocycles. The third kappa shape index (κ3) is 1.72. The lowest BCUT2D eigenvalue weighted by atomic mass is 9.79. The lowest BCUT2D eigenvalue weighted by Gasteiger charge is -2.44. The van der Waals surface area contributed by atoms with E-state index in [1.165, 1.54) is 0 Å². The van der Waals surface area contributed by atoms with Crippen molar-refractivity contribution in [3.8, 4) is 0 Å². The molecule has 1 aromatic carbocycles. The van der Waals surface area contributed by atoms with Crippen LogP contribution in [-0.2, 0) is 10.5 Å². The van der Waals surface area contributed by atoms with E-state index in [0.29, 0.717) is 12.2 Å². The van der Waals surface area contributed by atoms with Gasteiger partial charge in [0.2, 0.25) is 0 Å². The van der Waals surface area contributed by atoms with E-state index in [-0.39, 0.29) is 5.91 Å². The van der Waals surface area contributed by atoms with E-state index < -0.39 is 22.8 Å². The van der Waals surface area contributed by atoms with Crippen LogP contribution in [0.5, 0.6) is 0 Å². The SMILES string of the molecule is CC(C)(C)C(O)C12OCC(C)(C)N1C(=O)c1ccccc12. The van der Waals surface area contributed by atoms with Crippen LogP contribution in [-0.4, -0.2) is 34.2 Å². The van der Waals surface area contributed by atoms with Gasteiger partial charge in [0.25, 0.3) is 5.91 Å². The van der Waals surface area contributed by atoms with Crippen molar-refractivity contribution in [2.24, 2.45) is 5.41 Å². The zero-order chi connectivity index (χ0) is 15.6. The Morgan fingerprint density at radius 1 is 1.29 bits per heavy atom. The van der Waals surface area contributed by atoms with Gasteiger partial charge >= 0.3 is 0 Å². The molecule has 3 rings (SSSR count). The van der Waals surface area contributed by atoms with Crippen LogP contribution in [0.15, 0.2) is 24.3 Å². The van der Waals surface area contributed by atoms with Crippen LogP contribution in [0.3, 0.4) is 0 Å². The van der Waals surface area contributed by atoms with Crippen molar-refractivity contribution < 1.29 is 14.6 Å². The number of rotatable bonds is 1. The minimum atomic E-state index is -1.07. The van der Waals surface area contributed by atoms with Gasteiger partial charge in [0.05, 0.1) is 12.1 Å². The standard InChI is InChI=1S/C17H23NO3/c1-15(2,3)14(20)17-12-9-7-6-8-11(12)13(19)18(17)16(4,5)10-21-17/h6-9,14,20H,10H2,1-5H3. The van der Waals surface area contributed by atoms with Gasteiger partial charge < -0.3 is 9.84 Å². The Hall–Kier alpha value is -1.39. The zero-order valence-corrected chi connectivity index (χ0v) is 13.3. The van der Waals surface area contributed by atoms with Crippen LogP contribution >= 0.6 is 0 Å². The summed E-state index contributed by atoms with van der Waals surface area (Å²) >= 11 is 0. The third-order valence-corrected chi connectivity index (χ3v) is 4.52. The first kappa shape index (κ1) is 14.5. The molecule has 2 aliphatic rings. The van der Waals surface area contributed by atoms with Crippen molar-refractivity contribution in [3.63, 3.8) is 0 Å². The van der Waals surface area contributed by atoms with Gasteiger partial charge in [-0.3, -0.25) is 9.69 Å². The molecule has 1 saturated heterocycles. The van der Waals surface area contributed by atoms with E-state index in [1.807, 2.05) is 58.9 Å². The van der Waals surface area contributed by atoms with E-state index in [9.17, 15) is 9.90 Å². The molecule has 0 saturated carbocycles. The Kier molecular flexibility index (Phi) is 2.83. The summed E-state index contributed by atoms with van der Waals surface area (Å²) < 4.78 is 6.12. The molecule has 21 heavy (non-hydrogen) atoms. The quantitative estimate of drug-likeness (QED) is 0.864. The maximum absolute atomic E-state index is 12.9. The zero-order valence-electron chi connectivity index (χ0n) is 13.3. The second-order valence-corrected chi connectivity index (χ2v) is 7.75.